The van der Waals surface area contributed by atoms with E-state index in [2.05, 4.69) is 15.0 Å². The Kier molecular flexibility index (Phi) is 6.14. The Morgan fingerprint density at radius 2 is 2.18 bits per heavy atom. The Hall–Kier alpha value is -2.26. The second-order valence-electron chi connectivity index (χ2n) is 7.10. The maximum Gasteiger partial charge on any atom is 0.314 e. The predicted molar refractivity (Wildman–Crippen MR) is 105 cm³/mol. The SMILES string of the molecule is CC(C)(C)C(=O)OCOc1nc(SCc2c(N)ccnc2Cl)nc2c1CCO2. The summed E-state index contributed by atoms with van der Waals surface area (Å²) in [6.07, 6.45) is 2.18. The van der Waals surface area contributed by atoms with Gasteiger partial charge in [0.1, 0.15) is 5.15 Å². The number of thioether (sulfide) groups is 1. The number of halogens is 1. The number of aromatic nitrogens is 3. The number of nitrogens with zero attached hydrogens (tertiary/aromatic N) is 3. The van der Waals surface area contributed by atoms with Gasteiger partial charge < -0.3 is 19.9 Å². The van der Waals surface area contributed by atoms with Crippen LogP contribution in [0.5, 0.6) is 11.8 Å². The van der Waals surface area contributed by atoms with Gasteiger partial charge in [0.05, 0.1) is 17.6 Å². The van der Waals surface area contributed by atoms with Gasteiger partial charge in [-0.2, -0.15) is 9.97 Å². The molecular weight excluding hydrogens is 404 g/mol. The third kappa shape index (κ3) is 4.77. The fraction of sp³-hybridized carbons (Fsp3) is 0.444. The first-order valence-corrected chi connectivity index (χ1v) is 9.97. The molecule has 1 aliphatic rings. The van der Waals surface area contributed by atoms with Crippen LogP contribution in [-0.4, -0.2) is 34.3 Å². The molecule has 3 heterocycles. The highest BCUT2D eigenvalue weighted by Gasteiger charge is 2.25. The minimum absolute atomic E-state index is 0.231. The van der Waals surface area contributed by atoms with Crippen molar-refractivity contribution in [3.63, 3.8) is 0 Å². The summed E-state index contributed by atoms with van der Waals surface area (Å²) in [5.41, 5.74) is 7.37. The lowest BCUT2D eigenvalue weighted by Gasteiger charge is -2.17. The van der Waals surface area contributed by atoms with E-state index < -0.39 is 5.41 Å². The molecular formula is C18H21ClN4O4S. The summed E-state index contributed by atoms with van der Waals surface area (Å²) in [7, 11) is 0. The monoisotopic (exact) mass is 424 g/mol. The Bertz CT molecular complexity index is 868. The molecule has 8 nitrogen and oxygen atoms in total. The van der Waals surface area contributed by atoms with Crippen molar-refractivity contribution in [1.29, 1.82) is 0 Å². The first-order valence-electron chi connectivity index (χ1n) is 8.61. The maximum absolute atomic E-state index is 11.9. The Labute approximate surface area is 172 Å². The van der Waals surface area contributed by atoms with Crippen molar-refractivity contribution in [1.82, 2.24) is 15.0 Å². The van der Waals surface area contributed by atoms with Gasteiger partial charge in [-0.25, -0.2) is 4.98 Å². The minimum Gasteiger partial charge on any atom is -0.477 e. The number of carbonyl (C=O) groups excluding carboxylic acids is 1. The van der Waals surface area contributed by atoms with Crippen LogP contribution in [0.3, 0.4) is 0 Å². The van der Waals surface area contributed by atoms with Crippen LogP contribution in [0, 0.1) is 5.41 Å². The summed E-state index contributed by atoms with van der Waals surface area (Å²) in [6, 6.07) is 1.69. The third-order valence-corrected chi connectivity index (χ3v) is 5.08. The fourth-order valence-corrected chi connectivity index (χ4v) is 3.49. The van der Waals surface area contributed by atoms with E-state index in [0.29, 0.717) is 52.1 Å². The number of nitrogen functional groups attached to an aromatic ring is 1. The van der Waals surface area contributed by atoms with E-state index in [-0.39, 0.29) is 12.8 Å². The van der Waals surface area contributed by atoms with Gasteiger partial charge in [0.25, 0.3) is 0 Å². The van der Waals surface area contributed by atoms with Gasteiger partial charge in [-0.15, -0.1) is 0 Å². The molecule has 0 amide bonds. The number of fused-ring (bicyclic) bond motifs is 1. The summed E-state index contributed by atoms with van der Waals surface area (Å²) in [6.45, 7) is 5.59. The molecule has 0 radical (unpaired) electrons. The van der Waals surface area contributed by atoms with Crippen molar-refractivity contribution < 1.29 is 19.0 Å². The van der Waals surface area contributed by atoms with Gasteiger partial charge in [-0.05, 0) is 26.8 Å². The molecule has 0 fully saturated rings. The number of hydrogen-bond acceptors (Lipinski definition) is 9. The first kappa shape index (κ1) is 20.5. The number of anilines is 1. The van der Waals surface area contributed by atoms with Crippen molar-refractivity contribution in [3.05, 3.63) is 28.5 Å². The summed E-state index contributed by atoms with van der Waals surface area (Å²) in [5.74, 6) is 0.901. The maximum atomic E-state index is 11.9. The topological polar surface area (TPSA) is 109 Å². The Balaban J connectivity index is 1.71. The van der Waals surface area contributed by atoms with E-state index in [1.807, 2.05) is 0 Å². The number of hydrogen-bond donors (Lipinski definition) is 1. The largest absolute Gasteiger partial charge is 0.477 e. The molecule has 2 aromatic rings. The lowest BCUT2D eigenvalue weighted by Crippen LogP contribution is -2.24. The van der Waals surface area contributed by atoms with Crippen molar-refractivity contribution >= 4 is 35.0 Å². The van der Waals surface area contributed by atoms with Crippen molar-refractivity contribution in [2.75, 3.05) is 19.1 Å². The number of esters is 1. The molecule has 0 saturated carbocycles. The van der Waals surface area contributed by atoms with Crippen LogP contribution in [0.4, 0.5) is 5.69 Å². The number of ether oxygens (including phenoxy) is 3. The molecule has 0 aliphatic carbocycles. The molecule has 0 spiro atoms. The highest BCUT2D eigenvalue weighted by molar-refractivity contribution is 7.98. The quantitative estimate of drug-likeness (QED) is 0.245. The summed E-state index contributed by atoms with van der Waals surface area (Å²) < 4.78 is 16.3. The first-order chi connectivity index (χ1) is 13.3. The van der Waals surface area contributed by atoms with Crippen molar-refractivity contribution in [2.45, 2.75) is 38.1 Å². The van der Waals surface area contributed by atoms with E-state index in [1.165, 1.54) is 11.8 Å². The smallest absolute Gasteiger partial charge is 0.314 e. The fourth-order valence-electron chi connectivity index (χ4n) is 2.31. The summed E-state index contributed by atoms with van der Waals surface area (Å²) in [5, 5.41) is 0.785. The minimum atomic E-state index is -0.607. The molecule has 10 heteroatoms. The molecule has 28 heavy (non-hydrogen) atoms. The molecule has 150 valence electrons. The van der Waals surface area contributed by atoms with Gasteiger partial charge in [0, 0.05) is 29.6 Å². The van der Waals surface area contributed by atoms with Gasteiger partial charge in [0.2, 0.25) is 18.6 Å². The average molecular weight is 425 g/mol. The normalized spacial score (nSPS) is 13.0. The van der Waals surface area contributed by atoms with Gasteiger partial charge in [0.15, 0.2) is 5.16 Å². The standard InChI is InChI=1S/C18H21ClN4O4S/c1-18(2,3)16(24)27-9-26-15-10-5-7-25-14(10)22-17(23-15)28-8-11-12(20)4-6-21-13(11)19/h4,6H,5,7-9H2,1-3H3,(H2,20,21). The van der Waals surface area contributed by atoms with Gasteiger partial charge in [-0.1, -0.05) is 23.4 Å². The lowest BCUT2D eigenvalue weighted by atomic mass is 9.98. The van der Waals surface area contributed by atoms with E-state index >= 15 is 0 Å². The van der Waals surface area contributed by atoms with Crippen LogP contribution in [0.1, 0.15) is 31.9 Å². The van der Waals surface area contributed by atoms with Crippen LogP contribution < -0.4 is 15.2 Å². The van der Waals surface area contributed by atoms with Crippen molar-refractivity contribution in [3.8, 4) is 11.8 Å². The molecule has 0 atom stereocenters. The molecule has 0 saturated heterocycles. The zero-order valence-electron chi connectivity index (χ0n) is 15.8. The molecule has 0 unspecified atom stereocenters. The number of pyridine rings is 1. The van der Waals surface area contributed by atoms with Crippen LogP contribution in [0.2, 0.25) is 5.15 Å². The van der Waals surface area contributed by atoms with Crippen LogP contribution in [0.15, 0.2) is 17.4 Å². The number of nitrogens with two attached hydrogens (primary N) is 1. The van der Waals surface area contributed by atoms with E-state index in [9.17, 15) is 4.79 Å². The van der Waals surface area contributed by atoms with E-state index in [1.54, 1.807) is 33.0 Å². The van der Waals surface area contributed by atoms with Crippen LogP contribution >= 0.6 is 23.4 Å². The molecule has 3 rings (SSSR count). The van der Waals surface area contributed by atoms with Crippen molar-refractivity contribution in [2.24, 2.45) is 5.41 Å². The Morgan fingerprint density at radius 3 is 2.89 bits per heavy atom. The van der Waals surface area contributed by atoms with Crippen LogP contribution in [0.25, 0.3) is 0 Å². The zero-order valence-corrected chi connectivity index (χ0v) is 17.4. The van der Waals surface area contributed by atoms with Gasteiger partial charge in [-0.3, -0.25) is 4.79 Å². The predicted octanol–water partition coefficient (Wildman–Crippen LogP) is 3.26. The highest BCUT2D eigenvalue weighted by Crippen LogP contribution is 2.35. The molecule has 0 bridgehead atoms. The molecule has 0 aromatic carbocycles. The zero-order chi connectivity index (χ0) is 20.3. The second-order valence-corrected chi connectivity index (χ2v) is 8.40. The second kappa shape index (κ2) is 8.40. The average Bonchev–Trinajstić information content (AvgIpc) is 3.09. The Morgan fingerprint density at radius 1 is 1.39 bits per heavy atom. The third-order valence-electron chi connectivity index (χ3n) is 3.88. The van der Waals surface area contributed by atoms with E-state index in [0.717, 1.165) is 5.56 Å². The molecule has 2 N–H and O–H groups in total. The van der Waals surface area contributed by atoms with E-state index in [4.69, 9.17) is 31.5 Å². The summed E-state index contributed by atoms with van der Waals surface area (Å²) >= 11 is 7.44. The molecule has 1 aliphatic heterocycles. The van der Waals surface area contributed by atoms with Crippen LogP contribution in [-0.2, 0) is 21.7 Å². The lowest BCUT2D eigenvalue weighted by molar-refractivity contribution is -0.159. The summed E-state index contributed by atoms with van der Waals surface area (Å²) in [4.78, 5) is 24.8. The molecule has 2 aromatic heterocycles. The van der Waals surface area contributed by atoms with Gasteiger partial charge >= 0.3 is 5.97 Å². The number of rotatable bonds is 6. The highest BCUT2D eigenvalue weighted by atomic mass is 35.5. The number of carbonyl (C=O) groups is 1.